The Kier molecular flexibility index (Phi) is 7.09. The molecule has 0 aromatic heterocycles. The first-order valence-electron chi connectivity index (χ1n) is 7.34. The van der Waals surface area contributed by atoms with Gasteiger partial charge in [-0.3, -0.25) is 4.79 Å². The molecule has 112 valence electrons. The van der Waals surface area contributed by atoms with Gasteiger partial charge >= 0.3 is 0 Å². The Bertz CT molecular complexity index is 397. The van der Waals surface area contributed by atoms with Crippen LogP contribution in [0.4, 0.5) is 5.69 Å². The summed E-state index contributed by atoms with van der Waals surface area (Å²) in [6.07, 6.45) is 0.677. The van der Waals surface area contributed by atoms with Gasteiger partial charge < -0.3 is 15.0 Å². The van der Waals surface area contributed by atoms with Crippen LogP contribution in [-0.4, -0.2) is 36.5 Å². The third kappa shape index (κ3) is 6.06. The molecule has 4 nitrogen and oxygen atoms in total. The Morgan fingerprint density at radius 1 is 1.20 bits per heavy atom. The molecule has 0 aliphatic carbocycles. The molecule has 0 aliphatic rings. The van der Waals surface area contributed by atoms with Gasteiger partial charge in [-0.05, 0) is 51.2 Å². The zero-order chi connectivity index (χ0) is 15.0. The van der Waals surface area contributed by atoms with Gasteiger partial charge in [0.25, 0.3) is 0 Å². The summed E-state index contributed by atoms with van der Waals surface area (Å²) in [7, 11) is 0. The van der Waals surface area contributed by atoms with Gasteiger partial charge in [-0.25, -0.2) is 0 Å². The van der Waals surface area contributed by atoms with Crippen molar-refractivity contribution in [3.05, 3.63) is 24.3 Å². The zero-order valence-corrected chi connectivity index (χ0v) is 13.0. The summed E-state index contributed by atoms with van der Waals surface area (Å²) in [6.45, 7) is 10.9. The second kappa shape index (κ2) is 8.59. The van der Waals surface area contributed by atoms with E-state index in [1.54, 1.807) is 0 Å². The molecule has 1 aromatic rings. The Labute approximate surface area is 122 Å². The molecule has 0 unspecified atom stereocenters. The molecule has 0 heterocycles. The van der Waals surface area contributed by atoms with Crippen molar-refractivity contribution >= 4 is 11.6 Å². The molecule has 0 bridgehead atoms. The lowest BCUT2D eigenvalue weighted by molar-refractivity contribution is -0.116. The molecular weight excluding hydrogens is 252 g/mol. The van der Waals surface area contributed by atoms with Crippen LogP contribution in [0, 0.1) is 0 Å². The van der Waals surface area contributed by atoms with Crippen LogP contribution in [-0.2, 0) is 4.79 Å². The van der Waals surface area contributed by atoms with E-state index in [2.05, 4.69) is 24.1 Å². The molecule has 1 rings (SSSR count). The predicted molar refractivity (Wildman–Crippen MR) is 83.2 cm³/mol. The maximum absolute atomic E-state index is 11.8. The minimum atomic E-state index is 0.0504. The fourth-order valence-electron chi connectivity index (χ4n) is 1.91. The van der Waals surface area contributed by atoms with Gasteiger partial charge in [0.05, 0.1) is 6.10 Å². The highest BCUT2D eigenvalue weighted by molar-refractivity contribution is 5.90. The van der Waals surface area contributed by atoms with Gasteiger partial charge in [-0.2, -0.15) is 0 Å². The maximum Gasteiger partial charge on any atom is 0.225 e. The van der Waals surface area contributed by atoms with Gasteiger partial charge in [0.1, 0.15) is 5.75 Å². The standard InChI is InChI=1S/C16H26N2O2/c1-5-18(6-2)12-11-16(19)17-14-7-9-15(10-8-14)20-13(3)4/h7-10,13H,5-6,11-12H2,1-4H3,(H,17,19). The third-order valence-electron chi connectivity index (χ3n) is 3.06. The smallest absolute Gasteiger partial charge is 0.225 e. The molecule has 0 radical (unpaired) electrons. The second-order valence-corrected chi connectivity index (χ2v) is 5.02. The van der Waals surface area contributed by atoms with Crippen molar-refractivity contribution in [1.29, 1.82) is 0 Å². The van der Waals surface area contributed by atoms with Crippen LogP contribution in [0.1, 0.15) is 34.1 Å². The van der Waals surface area contributed by atoms with Crippen molar-refractivity contribution in [3.63, 3.8) is 0 Å². The monoisotopic (exact) mass is 278 g/mol. The quantitative estimate of drug-likeness (QED) is 0.794. The number of carbonyl (C=O) groups excluding carboxylic acids is 1. The van der Waals surface area contributed by atoms with Crippen LogP contribution in [0.5, 0.6) is 5.75 Å². The van der Waals surface area contributed by atoms with E-state index in [1.807, 2.05) is 38.1 Å². The molecule has 0 atom stereocenters. The second-order valence-electron chi connectivity index (χ2n) is 5.02. The van der Waals surface area contributed by atoms with Crippen molar-refractivity contribution in [2.24, 2.45) is 0 Å². The molecule has 1 aromatic carbocycles. The number of amides is 1. The van der Waals surface area contributed by atoms with E-state index in [0.717, 1.165) is 31.1 Å². The molecule has 4 heteroatoms. The van der Waals surface area contributed by atoms with Crippen molar-refractivity contribution in [1.82, 2.24) is 4.90 Å². The largest absolute Gasteiger partial charge is 0.491 e. The summed E-state index contributed by atoms with van der Waals surface area (Å²) in [4.78, 5) is 14.1. The lowest BCUT2D eigenvalue weighted by Crippen LogP contribution is -2.27. The molecule has 0 fully saturated rings. The summed E-state index contributed by atoms with van der Waals surface area (Å²) < 4.78 is 5.56. The van der Waals surface area contributed by atoms with E-state index in [1.165, 1.54) is 0 Å². The molecule has 1 N–H and O–H groups in total. The van der Waals surface area contributed by atoms with Crippen molar-refractivity contribution in [2.45, 2.75) is 40.2 Å². The topological polar surface area (TPSA) is 41.6 Å². The van der Waals surface area contributed by atoms with Crippen molar-refractivity contribution in [3.8, 4) is 5.75 Å². The summed E-state index contributed by atoms with van der Waals surface area (Å²) in [6, 6.07) is 7.49. The van der Waals surface area contributed by atoms with Crippen LogP contribution >= 0.6 is 0 Å². The van der Waals surface area contributed by atoms with Crippen molar-refractivity contribution < 1.29 is 9.53 Å². The number of anilines is 1. The average molecular weight is 278 g/mol. The fourth-order valence-corrected chi connectivity index (χ4v) is 1.91. The SMILES string of the molecule is CCN(CC)CCC(=O)Nc1ccc(OC(C)C)cc1. The Morgan fingerprint density at radius 2 is 1.80 bits per heavy atom. The molecule has 0 aliphatic heterocycles. The Balaban J connectivity index is 2.42. The minimum Gasteiger partial charge on any atom is -0.491 e. The Hall–Kier alpha value is -1.55. The molecule has 0 saturated carbocycles. The lowest BCUT2D eigenvalue weighted by Gasteiger charge is -2.17. The normalized spacial score (nSPS) is 10.9. The number of benzene rings is 1. The number of hydrogen-bond donors (Lipinski definition) is 1. The highest BCUT2D eigenvalue weighted by atomic mass is 16.5. The summed E-state index contributed by atoms with van der Waals surface area (Å²) in [5.41, 5.74) is 0.811. The van der Waals surface area contributed by atoms with Crippen LogP contribution in [0.15, 0.2) is 24.3 Å². The van der Waals surface area contributed by atoms with Crippen molar-refractivity contribution in [2.75, 3.05) is 25.0 Å². The molecule has 0 saturated heterocycles. The van der Waals surface area contributed by atoms with E-state index >= 15 is 0 Å². The maximum atomic E-state index is 11.8. The van der Waals surface area contributed by atoms with Gasteiger partial charge in [0.15, 0.2) is 0 Å². The van der Waals surface area contributed by atoms with Crippen LogP contribution in [0.25, 0.3) is 0 Å². The number of nitrogens with one attached hydrogen (secondary N) is 1. The predicted octanol–water partition coefficient (Wildman–Crippen LogP) is 3.14. The fraction of sp³-hybridized carbons (Fsp3) is 0.562. The van der Waals surface area contributed by atoms with Crippen LogP contribution < -0.4 is 10.1 Å². The van der Waals surface area contributed by atoms with Gasteiger partial charge in [0.2, 0.25) is 5.91 Å². The number of ether oxygens (including phenoxy) is 1. The van der Waals surface area contributed by atoms with E-state index in [0.29, 0.717) is 6.42 Å². The number of carbonyl (C=O) groups is 1. The zero-order valence-electron chi connectivity index (χ0n) is 13.0. The average Bonchev–Trinajstić information content (AvgIpc) is 2.41. The summed E-state index contributed by atoms with van der Waals surface area (Å²) in [5, 5.41) is 2.90. The van der Waals surface area contributed by atoms with E-state index < -0.39 is 0 Å². The number of nitrogens with zero attached hydrogens (tertiary/aromatic N) is 1. The molecule has 0 spiro atoms. The van der Waals surface area contributed by atoms with E-state index in [4.69, 9.17) is 4.74 Å². The lowest BCUT2D eigenvalue weighted by atomic mass is 10.2. The number of hydrogen-bond acceptors (Lipinski definition) is 3. The van der Waals surface area contributed by atoms with Gasteiger partial charge in [0, 0.05) is 18.7 Å². The highest BCUT2D eigenvalue weighted by Gasteiger charge is 2.06. The first-order chi connectivity index (χ1) is 9.55. The van der Waals surface area contributed by atoms with Crippen LogP contribution in [0.3, 0.4) is 0 Å². The first kappa shape index (κ1) is 16.5. The summed E-state index contributed by atoms with van der Waals surface area (Å²) in [5.74, 6) is 0.871. The van der Waals surface area contributed by atoms with Gasteiger partial charge in [-0.15, -0.1) is 0 Å². The van der Waals surface area contributed by atoms with E-state index in [-0.39, 0.29) is 12.0 Å². The third-order valence-corrected chi connectivity index (χ3v) is 3.06. The summed E-state index contributed by atoms with van der Waals surface area (Å²) >= 11 is 0. The van der Waals surface area contributed by atoms with E-state index in [9.17, 15) is 4.79 Å². The molecular formula is C16H26N2O2. The number of rotatable bonds is 8. The molecule has 20 heavy (non-hydrogen) atoms. The van der Waals surface area contributed by atoms with Crippen LogP contribution in [0.2, 0.25) is 0 Å². The first-order valence-corrected chi connectivity index (χ1v) is 7.34. The van der Waals surface area contributed by atoms with Gasteiger partial charge in [-0.1, -0.05) is 13.8 Å². The highest BCUT2D eigenvalue weighted by Crippen LogP contribution is 2.17. The Morgan fingerprint density at radius 3 is 2.30 bits per heavy atom. The molecule has 1 amide bonds. The minimum absolute atomic E-state index is 0.0504.